The zero-order valence-electron chi connectivity index (χ0n) is 10.8. The third kappa shape index (κ3) is 2.51. The number of rotatable bonds is 2. The van der Waals surface area contributed by atoms with Crippen molar-refractivity contribution < 1.29 is 0 Å². The second-order valence-corrected chi connectivity index (χ2v) is 6.27. The molecule has 6 heteroatoms. The molecule has 1 aliphatic rings. The second-order valence-electron chi connectivity index (χ2n) is 5.09. The number of aromatic nitrogens is 3. The fourth-order valence-electron chi connectivity index (χ4n) is 2.83. The molecule has 1 atom stereocenters. The van der Waals surface area contributed by atoms with Crippen molar-refractivity contribution in [2.24, 2.45) is 0 Å². The molecule has 2 aromatic heterocycles. The molecule has 1 saturated heterocycles. The summed E-state index contributed by atoms with van der Waals surface area (Å²) in [7, 11) is 2.16. The third-order valence-corrected chi connectivity index (χ3v) is 4.33. The summed E-state index contributed by atoms with van der Waals surface area (Å²) < 4.78 is 3.18. The first-order valence-electron chi connectivity index (χ1n) is 6.46. The van der Waals surface area contributed by atoms with E-state index in [9.17, 15) is 0 Å². The predicted octanol–water partition coefficient (Wildman–Crippen LogP) is 3.20. The Kier molecular flexibility index (Phi) is 3.78. The summed E-state index contributed by atoms with van der Waals surface area (Å²) in [4.78, 5) is 11.5. The zero-order valence-corrected chi connectivity index (χ0v) is 13.2. The molecule has 3 rings (SSSR count). The number of piperidine rings is 1. The first-order chi connectivity index (χ1) is 9.19. The Balaban J connectivity index is 2.10. The molecule has 3 heterocycles. The Bertz CT molecular complexity index is 598. The van der Waals surface area contributed by atoms with Crippen LogP contribution in [-0.4, -0.2) is 39.6 Å². The molecule has 1 fully saturated rings. The Morgan fingerprint density at radius 3 is 3.11 bits per heavy atom. The fraction of sp³-hybridized carbons (Fsp3) is 0.538. The largest absolute Gasteiger partial charge is 0.307 e. The zero-order chi connectivity index (χ0) is 13.4. The van der Waals surface area contributed by atoms with Crippen LogP contribution in [0.3, 0.4) is 0 Å². The van der Waals surface area contributed by atoms with Crippen LogP contribution in [0.5, 0.6) is 0 Å². The van der Waals surface area contributed by atoms with Gasteiger partial charge in [-0.2, -0.15) is 0 Å². The smallest absolute Gasteiger partial charge is 0.160 e. The van der Waals surface area contributed by atoms with Crippen LogP contribution in [0.4, 0.5) is 0 Å². The van der Waals surface area contributed by atoms with Crippen molar-refractivity contribution in [1.82, 2.24) is 19.4 Å². The molecule has 0 N–H and O–H groups in total. The summed E-state index contributed by atoms with van der Waals surface area (Å²) >= 11 is 9.50. The topological polar surface area (TPSA) is 34.0 Å². The highest BCUT2D eigenvalue weighted by molar-refractivity contribution is 9.10. The summed E-state index contributed by atoms with van der Waals surface area (Å²) in [6.45, 7) is 2.20. The Labute approximate surface area is 125 Å². The van der Waals surface area contributed by atoms with Gasteiger partial charge in [0, 0.05) is 23.3 Å². The third-order valence-electron chi connectivity index (χ3n) is 3.65. The maximum atomic E-state index is 6.06. The molecule has 0 amide bonds. The highest BCUT2D eigenvalue weighted by atomic mass is 79.9. The minimum atomic E-state index is 0.422. The van der Waals surface area contributed by atoms with E-state index in [0.29, 0.717) is 11.9 Å². The monoisotopic (exact) mass is 342 g/mol. The van der Waals surface area contributed by atoms with Crippen molar-refractivity contribution in [3.63, 3.8) is 0 Å². The lowest BCUT2D eigenvalue weighted by atomic mass is 10.1. The molecule has 2 aromatic rings. The normalized spacial score (nSPS) is 21.1. The number of alkyl halides is 1. The van der Waals surface area contributed by atoms with Gasteiger partial charge in [-0.1, -0.05) is 0 Å². The molecule has 19 heavy (non-hydrogen) atoms. The number of hydrogen-bond donors (Lipinski definition) is 0. The van der Waals surface area contributed by atoms with Crippen LogP contribution in [0.25, 0.3) is 11.2 Å². The minimum Gasteiger partial charge on any atom is -0.307 e. The Morgan fingerprint density at radius 2 is 2.37 bits per heavy atom. The highest BCUT2D eigenvalue weighted by Crippen LogP contribution is 2.28. The number of pyridine rings is 1. The van der Waals surface area contributed by atoms with Gasteiger partial charge in [-0.25, -0.2) is 9.97 Å². The van der Waals surface area contributed by atoms with Crippen LogP contribution in [0.2, 0.25) is 0 Å². The van der Waals surface area contributed by atoms with Crippen LogP contribution >= 0.6 is 27.5 Å². The van der Waals surface area contributed by atoms with Crippen molar-refractivity contribution >= 4 is 38.7 Å². The SMILES string of the molecule is CN1CCCC(n2c(CCl)nc3cc(Br)cnc32)C1. The van der Waals surface area contributed by atoms with E-state index in [1.807, 2.05) is 12.3 Å². The average molecular weight is 344 g/mol. The van der Waals surface area contributed by atoms with E-state index in [0.717, 1.165) is 41.0 Å². The van der Waals surface area contributed by atoms with Gasteiger partial charge in [0.2, 0.25) is 0 Å². The Hall–Kier alpha value is -0.650. The van der Waals surface area contributed by atoms with Gasteiger partial charge in [-0.05, 0) is 48.4 Å². The lowest BCUT2D eigenvalue weighted by Crippen LogP contribution is -2.34. The number of nitrogens with zero attached hydrogens (tertiary/aromatic N) is 4. The van der Waals surface area contributed by atoms with Crippen LogP contribution in [0.1, 0.15) is 24.7 Å². The first kappa shape index (κ1) is 13.3. The van der Waals surface area contributed by atoms with Crippen LogP contribution in [0.15, 0.2) is 16.7 Å². The molecule has 102 valence electrons. The number of likely N-dealkylation sites (N-methyl/N-ethyl adjacent to an activating group) is 1. The maximum absolute atomic E-state index is 6.06. The maximum Gasteiger partial charge on any atom is 0.160 e. The molecule has 1 aliphatic heterocycles. The average Bonchev–Trinajstić information content (AvgIpc) is 2.76. The van der Waals surface area contributed by atoms with E-state index in [1.54, 1.807) is 0 Å². The summed E-state index contributed by atoms with van der Waals surface area (Å²) in [5.74, 6) is 1.34. The van der Waals surface area contributed by atoms with E-state index in [1.165, 1.54) is 6.42 Å². The van der Waals surface area contributed by atoms with Gasteiger partial charge in [0.05, 0.1) is 5.88 Å². The second kappa shape index (κ2) is 5.38. The molecular weight excluding hydrogens is 328 g/mol. The summed E-state index contributed by atoms with van der Waals surface area (Å²) in [6, 6.07) is 2.42. The van der Waals surface area contributed by atoms with Gasteiger partial charge < -0.3 is 9.47 Å². The summed E-state index contributed by atoms with van der Waals surface area (Å²) in [6.07, 6.45) is 4.20. The van der Waals surface area contributed by atoms with Gasteiger partial charge in [0.15, 0.2) is 5.65 Å². The number of hydrogen-bond acceptors (Lipinski definition) is 3. The quantitative estimate of drug-likeness (QED) is 0.785. The van der Waals surface area contributed by atoms with Crippen LogP contribution < -0.4 is 0 Å². The van der Waals surface area contributed by atoms with Crippen molar-refractivity contribution in [2.45, 2.75) is 24.8 Å². The number of halogens is 2. The van der Waals surface area contributed by atoms with E-state index in [4.69, 9.17) is 11.6 Å². The minimum absolute atomic E-state index is 0.422. The highest BCUT2D eigenvalue weighted by Gasteiger charge is 2.23. The molecule has 0 spiro atoms. The van der Waals surface area contributed by atoms with Gasteiger partial charge in [-0.15, -0.1) is 11.6 Å². The van der Waals surface area contributed by atoms with Gasteiger partial charge in [0.25, 0.3) is 0 Å². The Morgan fingerprint density at radius 1 is 1.53 bits per heavy atom. The number of likely N-dealkylation sites (tertiary alicyclic amines) is 1. The van der Waals surface area contributed by atoms with Crippen LogP contribution in [0, 0.1) is 0 Å². The van der Waals surface area contributed by atoms with Crippen molar-refractivity contribution in [2.75, 3.05) is 20.1 Å². The van der Waals surface area contributed by atoms with Crippen molar-refractivity contribution in [1.29, 1.82) is 0 Å². The van der Waals surface area contributed by atoms with E-state index >= 15 is 0 Å². The van der Waals surface area contributed by atoms with Gasteiger partial charge in [0.1, 0.15) is 11.3 Å². The lowest BCUT2D eigenvalue weighted by molar-refractivity contribution is 0.212. The number of fused-ring (bicyclic) bond motifs is 1. The summed E-state index contributed by atoms with van der Waals surface area (Å²) in [5, 5.41) is 0. The first-order valence-corrected chi connectivity index (χ1v) is 7.78. The number of imidazole rings is 1. The molecule has 4 nitrogen and oxygen atoms in total. The molecule has 0 aromatic carbocycles. The molecule has 1 unspecified atom stereocenters. The van der Waals surface area contributed by atoms with E-state index in [-0.39, 0.29) is 0 Å². The summed E-state index contributed by atoms with van der Waals surface area (Å²) in [5.41, 5.74) is 1.86. The van der Waals surface area contributed by atoms with Crippen LogP contribution in [-0.2, 0) is 5.88 Å². The fourth-order valence-corrected chi connectivity index (χ4v) is 3.34. The molecule has 0 radical (unpaired) electrons. The van der Waals surface area contributed by atoms with E-state index in [2.05, 4.69) is 42.4 Å². The molecule has 0 aliphatic carbocycles. The lowest BCUT2D eigenvalue weighted by Gasteiger charge is -2.31. The van der Waals surface area contributed by atoms with Gasteiger partial charge in [-0.3, -0.25) is 0 Å². The van der Waals surface area contributed by atoms with Crippen molar-refractivity contribution in [3.05, 3.63) is 22.6 Å². The molecular formula is C13H16BrClN4. The molecule has 0 bridgehead atoms. The predicted molar refractivity (Wildman–Crippen MR) is 80.6 cm³/mol. The van der Waals surface area contributed by atoms with E-state index < -0.39 is 0 Å². The van der Waals surface area contributed by atoms with Crippen molar-refractivity contribution in [3.8, 4) is 0 Å². The van der Waals surface area contributed by atoms with Gasteiger partial charge >= 0.3 is 0 Å². The standard InChI is InChI=1S/C13H16BrClN4/c1-18-4-2-3-10(8-18)19-12(6-15)17-11-5-9(14)7-16-13(11)19/h5,7,10H,2-4,6,8H2,1H3. The molecule has 0 saturated carbocycles.